The molecule has 0 fully saturated rings. The van der Waals surface area contributed by atoms with Crippen LogP contribution in [0.1, 0.15) is 54.9 Å². The fourth-order valence-electron chi connectivity index (χ4n) is 1.69. The van der Waals surface area contributed by atoms with Gasteiger partial charge in [-0.3, -0.25) is 4.79 Å². The van der Waals surface area contributed by atoms with E-state index in [2.05, 4.69) is 13.8 Å². The Morgan fingerprint density at radius 1 is 1.40 bits per heavy atom. The molecule has 1 aromatic carbocycles. The van der Waals surface area contributed by atoms with E-state index in [1.54, 1.807) is 6.07 Å². The third kappa shape index (κ3) is 3.39. The number of carbonyl (C=O) groups is 1. The van der Waals surface area contributed by atoms with Crippen LogP contribution in [0.2, 0.25) is 0 Å². The van der Waals surface area contributed by atoms with E-state index in [4.69, 9.17) is 0 Å². The summed E-state index contributed by atoms with van der Waals surface area (Å²) in [6, 6.07) is 5.09. The molecule has 2 heteroatoms. The number of unbranched alkanes of at least 4 members (excludes halogenated alkanes) is 1. The molecular weight excluding hydrogens is 188 g/mol. The van der Waals surface area contributed by atoms with Gasteiger partial charge in [0, 0.05) is 5.56 Å². The fraction of sp³-hybridized carbons (Fsp3) is 0.462. The Hall–Kier alpha value is -1.31. The summed E-state index contributed by atoms with van der Waals surface area (Å²) in [5.41, 5.74) is 1.60. The minimum atomic E-state index is 0.179. The maximum absolute atomic E-state index is 10.6. The summed E-state index contributed by atoms with van der Waals surface area (Å²) in [4.78, 5) is 10.6. The van der Waals surface area contributed by atoms with E-state index in [-0.39, 0.29) is 5.75 Å². The van der Waals surface area contributed by atoms with E-state index in [9.17, 15) is 9.90 Å². The summed E-state index contributed by atoms with van der Waals surface area (Å²) >= 11 is 0. The molecule has 0 aliphatic carbocycles. The second-order valence-electron chi connectivity index (χ2n) is 4.02. The average molecular weight is 206 g/mol. The number of phenolic OH excluding ortho intramolecular Hbond substituents is 1. The smallest absolute Gasteiger partial charge is 0.150 e. The van der Waals surface area contributed by atoms with Gasteiger partial charge in [0.25, 0.3) is 0 Å². The second-order valence-corrected chi connectivity index (χ2v) is 4.02. The Labute approximate surface area is 90.9 Å². The van der Waals surface area contributed by atoms with Gasteiger partial charge in [0.2, 0.25) is 0 Å². The van der Waals surface area contributed by atoms with Crippen LogP contribution in [0.25, 0.3) is 0 Å². The lowest BCUT2D eigenvalue weighted by Gasteiger charge is -2.12. The molecule has 0 heterocycles. The van der Waals surface area contributed by atoms with Crippen LogP contribution in [0.4, 0.5) is 0 Å². The number of benzene rings is 1. The van der Waals surface area contributed by atoms with Crippen molar-refractivity contribution in [2.75, 3.05) is 0 Å². The van der Waals surface area contributed by atoms with E-state index >= 15 is 0 Å². The Balaban J connectivity index is 2.83. The lowest BCUT2D eigenvalue weighted by Crippen LogP contribution is -1.95. The molecule has 1 N–H and O–H groups in total. The van der Waals surface area contributed by atoms with Crippen LogP contribution in [0.15, 0.2) is 18.2 Å². The zero-order valence-electron chi connectivity index (χ0n) is 9.36. The van der Waals surface area contributed by atoms with Gasteiger partial charge in [-0.25, -0.2) is 0 Å². The highest BCUT2D eigenvalue weighted by atomic mass is 16.3. The van der Waals surface area contributed by atoms with Crippen LogP contribution in [-0.2, 0) is 0 Å². The molecule has 0 aliphatic rings. The molecule has 0 radical (unpaired) electrons. The van der Waals surface area contributed by atoms with Gasteiger partial charge in [0.1, 0.15) is 12.0 Å². The highest BCUT2D eigenvalue weighted by Gasteiger charge is 2.07. The summed E-state index contributed by atoms with van der Waals surface area (Å²) in [6.07, 6.45) is 4.21. The normalized spacial score (nSPS) is 12.4. The predicted molar refractivity (Wildman–Crippen MR) is 61.4 cm³/mol. The van der Waals surface area contributed by atoms with Crippen molar-refractivity contribution in [3.05, 3.63) is 29.3 Å². The molecule has 82 valence electrons. The lowest BCUT2D eigenvalue weighted by molar-refractivity contribution is 0.112. The lowest BCUT2D eigenvalue weighted by atomic mass is 9.94. The molecule has 0 aliphatic heterocycles. The standard InChI is InChI=1S/C13H18O2/c1-3-4-5-10(2)12-6-11(9-14)7-13(15)8-12/h6-10,15H,3-5H2,1-2H3. The highest BCUT2D eigenvalue weighted by molar-refractivity contribution is 5.76. The van der Waals surface area contributed by atoms with Crippen LogP contribution in [0.3, 0.4) is 0 Å². The maximum Gasteiger partial charge on any atom is 0.150 e. The van der Waals surface area contributed by atoms with Crippen molar-refractivity contribution in [3.8, 4) is 5.75 Å². The van der Waals surface area contributed by atoms with Crippen LogP contribution in [0.5, 0.6) is 5.75 Å². The van der Waals surface area contributed by atoms with Gasteiger partial charge in [0.15, 0.2) is 0 Å². The van der Waals surface area contributed by atoms with Crippen LogP contribution >= 0.6 is 0 Å². The molecule has 1 rings (SSSR count). The van der Waals surface area contributed by atoms with Crippen molar-refractivity contribution in [2.45, 2.75) is 39.0 Å². The van der Waals surface area contributed by atoms with Crippen LogP contribution in [0, 0.1) is 0 Å². The molecule has 0 amide bonds. The monoisotopic (exact) mass is 206 g/mol. The molecule has 0 spiro atoms. The molecule has 1 unspecified atom stereocenters. The van der Waals surface area contributed by atoms with E-state index in [1.807, 2.05) is 6.07 Å². The van der Waals surface area contributed by atoms with Gasteiger partial charge in [-0.15, -0.1) is 0 Å². The first-order valence-electron chi connectivity index (χ1n) is 5.46. The molecule has 0 aromatic heterocycles. The number of aromatic hydroxyl groups is 1. The molecule has 2 nitrogen and oxygen atoms in total. The number of phenols is 1. The van der Waals surface area contributed by atoms with Crippen molar-refractivity contribution >= 4 is 6.29 Å². The fourth-order valence-corrected chi connectivity index (χ4v) is 1.69. The second kappa shape index (κ2) is 5.54. The van der Waals surface area contributed by atoms with Gasteiger partial charge in [0.05, 0.1) is 0 Å². The highest BCUT2D eigenvalue weighted by Crippen LogP contribution is 2.25. The zero-order chi connectivity index (χ0) is 11.3. The van der Waals surface area contributed by atoms with Gasteiger partial charge in [-0.05, 0) is 36.1 Å². The van der Waals surface area contributed by atoms with E-state index < -0.39 is 0 Å². The van der Waals surface area contributed by atoms with Crippen molar-refractivity contribution in [2.24, 2.45) is 0 Å². The third-order valence-electron chi connectivity index (χ3n) is 2.66. The number of rotatable bonds is 5. The SMILES string of the molecule is CCCCC(C)c1cc(O)cc(C=O)c1. The Bertz CT molecular complexity index is 331. The molecule has 0 saturated heterocycles. The Morgan fingerprint density at radius 3 is 2.73 bits per heavy atom. The summed E-state index contributed by atoms with van der Waals surface area (Å²) in [6.45, 7) is 4.28. The molecule has 0 saturated carbocycles. The van der Waals surface area contributed by atoms with Crippen molar-refractivity contribution in [1.29, 1.82) is 0 Å². The molecular formula is C13H18O2. The first kappa shape index (κ1) is 11.8. The maximum atomic E-state index is 10.6. The largest absolute Gasteiger partial charge is 0.508 e. The van der Waals surface area contributed by atoms with Crippen molar-refractivity contribution in [1.82, 2.24) is 0 Å². The third-order valence-corrected chi connectivity index (χ3v) is 2.66. The number of carbonyl (C=O) groups excluding carboxylic acids is 1. The first-order chi connectivity index (χ1) is 7.17. The summed E-state index contributed by atoms with van der Waals surface area (Å²) in [5.74, 6) is 0.577. The van der Waals surface area contributed by atoms with Crippen LogP contribution in [-0.4, -0.2) is 11.4 Å². The molecule has 1 aromatic rings. The van der Waals surface area contributed by atoms with Crippen LogP contribution < -0.4 is 0 Å². The molecule has 15 heavy (non-hydrogen) atoms. The topological polar surface area (TPSA) is 37.3 Å². The van der Waals surface area contributed by atoms with Crippen molar-refractivity contribution < 1.29 is 9.90 Å². The Kier molecular flexibility index (Phi) is 4.35. The quantitative estimate of drug-likeness (QED) is 0.749. The summed E-state index contributed by atoms with van der Waals surface area (Å²) in [5, 5.41) is 9.44. The number of hydrogen-bond acceptors (Lipinski definition) is 2. The molecule has 1 atom stereocenters. The van der Waals surface area contributed by atoms with Crippen molar-refractivity contribution in [3.63, 3.8) is 0 Å². The molecule has 0 bridgehead atoms. The minimum absolute atomic E-state index is 0.179. The van der Waals surface area contributed by atoms with Gasteiger partial charge < -0.3 is 5.11 Å². The minimum Gasteiger partial charge on any atom is -0.508 e. The summed E-state index contributed by atoms with van der Waals surface area (Å²) in [7, 11) is 0. The van der Waals surface area contributed by atoms with E-state index in [0.717, 1.165) is 18.3 Å². The average Bonchev–Trinajstić information content (AvgIpc) is 2.24. The van der Waals surface area contributed by atoms with Gasteiger partial charge in [-0.1, -0.05) is 26.7 Å². The van der Waals surface area contributed by atoms with E-state index in [1.165, 1.54) is 18.9 Å². The number of aldehydes is 1. The first-order valence-corrected chi connectivity index (χ1v) is 5.46. The van der Waals surface area contributed by atoms with E-state index in [0.29, 0.717) is 11.5 Å². The van der Waals surface area contributed by atoms with Gasteiger partial charge in [-0.2, -0.15) is 0 Å². The zero-order valence-corrected chi connectivity index (χ0v) is 9.36. The number of hydrogen-bond donors (Lipinski definition) is 1. The Morgan fingerprint density at radius 2 is 2.13 bits per heavy atom. The summed E-state index contributed by atoms with van der Waals surface area (Å²) < 4.78 is 0. The predicted octanol–water partition coefficient (Wildman–Crippen LogP) is 3.50. The van der Waals surface area contributed by atoms with Gasteiger partial charge >= 0.3 is 0 Å².